The van der Waals surface area contributed by atoms with Crippen LogP contribution in [0, 0.1) is 12.7 Å². The van der Waals surface area contributed by atoms with Crippen LogP contribution in [-0.4, -0.2) is 5.78 Å². The van der Waals surface area contributed by atoms with Gasteiger partial charge in [0.15, 0.2) is 5.76 Å². The third kappa shape index (κ3) is 2.43. The molecule has 5 heteroatoms. The maximum Gasteiger partial charge on any atom is 0.229 e. The van der Waals surface area contributed by atoms with Gasteiger partial charge in [-0.1, -0.05) is 23.2 Å². The van der Waals surface area contributed by atoms with Crippen LogP contribution in [0.5, 0.6) is 0 Å². The fraction of sp³-hybridized carbons (Fsp3) is 0.0625. The minimum Gasteiger partial charge on any atom is -0.452 e. The van der Waals surface area contributed by atoms with Gasteiger partial charge in [-0.25, -0.2) is 4.39 Å². The Morgan fingerprint density at radius 2 is 1.90 bits per heavy atom. The maximum atomic E-state index is 13.3. The molecule has 3 rings (SSSR count). The molecule has 0 unspecified atom stereocenters. The van der Waals surface area contributed by atoms with E-state index in [1.807, 2.05) is 0 Å². The molecular formula is C16H9Cl2FO2. The number of ketones is 1. The summed E-state index contributed by atoms with van der Waals surface area (Å²) < 4.78 is 18.8. The largest absolute Gasteiger partial charge is 0.452 e. The van der Waals surface area contributed by atoms with Gasteiger partial charge in [0, 0.05) is 21.5 Å². The van der Waals surface area contributed by atoms with E-state index in [1.54, 1.807) is 19.1 Å². The molecular weight excluding hydrogens is 314 g/mol. The van der Waals surface area contributed by atoms with E-state index in [1.165, 1.54) is 24.3 Å². The molecule has 3 aromatic rings. The van der Waals surface area contributed by atoms with E-state index in [-0.39, 0.29) is 22.4 Å². The van der Waals surface area contributed by atoms with Crippen molar-refractivity contribution in [2.24, 2.45) is 0 Å². The molecule has 21 heavy (non-hydrogen) atoms. The van der Waals surface area contributed by atoms with Crippen molar-refractivity contribution in [1.82, 2.24) is 0 Å². The number of benzene rings is 2. The summed E-state index contributed by atoms with van der Waals surface area (Å²) in [6, 6.07) is 8.74. The number of carbonyl (C=O) groups is 1. The number of hydrogen-bond donors (Lipinski definition) is 0. The summed E-state index contributed by atoms with van der Waals surface area (Å²) in [7, 11) is 0. The van der Waals surface area contributed by atoms with Gasteiger partial charge in [-0.05, 0) is 43.3 Å². The molecule has 1 heterocycles. The standard InChI is InChI=1S/C16H9Cl2FO2/c1-8-12-7-10(19)3-5-14(12)21-16(8)15(20)11-4-2-9(17)6-13(11)18/h2-7H,1H3. The molecule has 106 valence electrons. The Hall–Kier alpha value is -1.84. The van der Waals surface area contributed by atoms with Gasteiger partial charge in [0.05, 0.1) is 5.02 Å². The molecule has 2 aromatic carbocycles. The van der Waals surface area contributed by atoms with Crippen LogP contribution in [0.3, 0.4) is 0 Å². The predicted molar refractivity (Wildman–Crippen MR) is 80.8 cm³/mol. The van der Waals surface area contributed by atoms with Crippen molar-refractivity contribution < 1.29 is 13.6 Å². The van der Waals surface area contributed by atoms with Crippen molar-refractivity contribution in [3.63, 3.8) is 0 Å². The van der Waals surface area contributed by atoms with Gasteiger partial charge in [-0.2, -0.15) is 0 Å². The average Bonchev–Trinajstić information content (AvgIpc) is 2.75. The zero-order valence-electron chi connectivity index (χ0n) is 10.9. The number of halogens is 3. The van der Waals surface area contributed by atoms with E-state index in [9.17, 15) is 9.18 Å². The summed E-state index contributed by atoms with van der Waals surface area (Å²) in [5.74, 6) is -0.583. The highest BCUT2D eigenvalue weighted by molar-refractivity contribution is 6.37. The summed E-state index contributed by atoms with van der Waals surface area (Å²) in [4.78, 5) is 12.5. The Kier molecular flexibility index (Phi) is 3.47. The predicted octanol–water partition coefficient (Wildman–Crippen LogP) is 5.42. The highest BCUT2D eigenvalue weighted by Crippen LogP contribution is 2.30. The Morgan fingerprint density at radius 1 is 1.14 bits per heavy atom. The van der Waals surface area contributed by atoms with Crippen molar-refractivity contribution in [1.29, 1.82) is 0 Å². The molecule has 0 radical (unpaired) electrons. The number of carbonyl (C=O) groups excluding carboxylic acids is 1. The third-order valence-corrected chi connectivity index (χ3v) is 3.83. The number of fused-ring (bicyclic) bond motifs is 1. The van der Waals surface area contributed by atoms with Crippen LogP contribution in [0.4, 0.5) is 4.39 Å². The lowest BCUT2D eigenvalue weighted by Gasteiger charge is -2.02. The first-order valence-corrected chi connectivity index (χ1v) is 6.91. The lowest BCUT2D eigenvalue weighted by Crippen LogP contribution is -2.02. The van der Waals surface area contributed by atoms with Gasteiger partial charge in [0.25, 0.3) is 0 Å². The van der Waals surface area contributed by atoms with Gasteiger partial charge in [0.1, 0.15) is 11.4 Å². The summed E-state index contributed by atoms with van der Waals surface area (Å²) in [6.07, 6.45) is 0. The van der Waals surface area contributed by atoms with Crippen LogP contribution >= 0.6 is 23.2 Å². The number of aryl methyl sites for hydroxylation is 1. The Balaban J connectivity index is 2.15. The molecule has 0 aliphatic heterocycles. The lowest BCUT2D eigenvalue weighted by atomic mass is 10.0. The fourth-order valence-electron chi connectivity index (χ4n) is 2.21. The summed E-state index contributed by atoms with van der Waals surface area (Å²) >= 11 is 11.9. The average molecular weight is 323 g/mol. The molecule has 0 N–H and O–H groups in total. The first-order chi connectivity index (χ1) is 9.97. The zero-order valence-corrected chi connectivity index (χ0v) is 12.4. The van der Waals surface area contributed by atoms with Crippen LogP contribution in [0.25, 0.3) is 11.0 Å². The van der Waals surface area contributed by atoms with E-state index < -0.39 is 0 Å². The van der Waals surface area contributed by atoms with Crippen LogP contribution in [0.2, 0.25) is 10.0 Å². The minimum atomic E-state index is -0.380. The highest BCUT2D eigenvalue weighted by atomic mass is 35.5. The van der Waals surface area contributed by atoms with E-state index in [0.717, 1.165) is 0 Å². The molecule has 0 saturated heterocycles. The number of furan rings is 1. The van der Waals surface area contributed by atoms with Crippen molar-refractivity contribution >= 4 is 40.0 Å². The van der Waals surface area contributed by atoms with Crippen LogP contribution in [0.1, 0.15) is 21.7 Å². The zero-order chi connectivity index (χ0) is 15.1. The van der Waals surface area contributed by atoms with Gasteiger partial charge in [-0.3, -0.25) is 4.79 Å². The lowest BCUT2D eigenvalue weighted by molar-refractivity contribution is 0.101. The smallest absolute Gasteiger partial charge is 0.229 e. The van der Waals surface area contributed by atoms with E-state index in [2.05, 4.69) is 0 Å². The molecule has 0 spiro atoms. The highest BCUT2D eigenvalue weighted by Gasteiger charge is 2.21. The van der Waals surface area contributed by atoms with Crippen molar-refractivity contribution in [2.45, 2.75) is 6.92 Å². The quantitative estimate of drug-likeness (QED) is 0.590. The second-order valence-electron chi connectivity index (χ2n) is 4.65. The van der Waals surface area contributed by atoms with Crippen molar-refractivity contribution in [3.8, 4) is 0 Å². The third-order valence-electron chi connectivity index (χ3n) is 3.28. The second-order valence-corrected chi connectivity index (χ2v) is 5.49. The molecule has 0 fully saturated rings. The molecule has 0 bridgehead atoms. The van der Waals surface area contributed by atoms with Gasteiger partial charge in [-0.15, -0.1) is 0 Å². The molecule has 1 aromatic heterocycles. The molecule has 0 aliphatic rings. The number of rotatable bonds is 2. The first kappa shape index (κ1) is 14.1. The molecule has 0 atom stereocenters. The molecule has 0 aliphatic carbocycles. The van der Waals surface area contributed by atoms with Crippen molar-refractivity contribution in [3.05, 3.63) is 69.1 Å². The van der Waals surface area contributed by atoms with Crippen molar-refractivity contribution in [2.75, 3.05) is 0 Å². The summed E-state index contributed by atoms with van der Waals surface area (Å²) in [5, 5.41) is 1.27. The first-order valence-electron chi connectivity index (χ1n) is 6.16. The van der Waals surface area contributed by atoms with Crippen LogP contribution in [0.15, 0.2) is 40.8 Å². The minimum absolute atomic E-state index is 0.153. The fourth-order valence-corrected chi connectivity index (χ4v) is 2.70. The Labute approximate surface area is 130 Å². The summed E-state index contributed by atoms with van der Waals surface area (Å²) in [5.41, 5.74) is 1.34. The maximum absolute atomic E-state index is 13.3. The molecule has 0 amide bonds. The normalized spacial score (nSPS) is 11.0. The summed E-state index contributed by atoms with van der Waals surface area (Å²) in [6.45, 7) is 1.71. The second kappa shape index (κ2) is 5.17. The monoisotopic (exact) mass is 322 g/mol. The number of hydrogen-bond acceptors (Lipinski definition) is 2. The SMILES string of the molecule is Cc1c(C(=O)c2ccc(Cl)cc2Cl)oc2ccc(F)cc12. The van der Waals surface area contributed by atoms with E-state index >= 15 is 0 Å². The van der Waals surface area contributed by atoms with Crippen LogP contribution < -0.4 is 0 Å². The molecule has 0 saturated carbocycles. The molecule has 2 nitrogen and oxygen atoms in total. The van der Waals surface area contributed by atoms with Crippen LogP contribution in [-0.2, 0) is 0 Å². The topological polar surface area (TPSA) is 30.2 Å². The Bertz CT molecular complexity index is 868. The van der Waals surface area contributed by atoms with Gasteiger partial charge in [0.2, 0.25) is 5.78 Å². The van der Waals surface area contributed by atoms with Gasteiger partial charge >= 0.3 is 0 Å². The Morgan fingerprint density at radius 3 is 2.62 bits per heavy atom. The van der Waals surface area contributed by atoms with Gasteiger partial charge < -0.3 is 4.42 Å². The van der Waals surface area contributed by atoms with E-state index in [0.29, 0.717) is 27.1 Å². The van der Waals surface area contributed by atoms with E-state index in [4.69, 9.17) is 27.6 Å².